The van der Waals surface area contributed by atoms with E-state index in [9.17, 15) is 13.2 Å². The number of sulfone groups is 1. The van der Waals surface area contributed by atoms with Gasteiger partial charge in [0.1, 0.15) is 17.7 Å². The molecule has 0 saturated heterocycles. The highest BCUT2D eigenvalue weighted by Crippen LogP contribution is 2.40. The maximum absolute atomic E-state index is 12.5. The fourth-order valence-electron chi connectivity index (χ4n) is 3.85. The summed E-state index contributed by atoms with van der Waals surface area (Å²) in [5, 5.41) is 7.54. The second kappa shape index (κ2) is 6.46. The number of hydrogen-bond acceptors (Lipinski definition) is 7. The quantitative estimate of drug-likeness (QED) is 0.512. The van der Waals surface area contributed by atoms with Crippen molar-refractivity contribution in [2.24, 2.45) is 0 Å². The molecule has 1 atom stereocenters. The van der Waals surface area contributed by atoms with Crippen molar-refractivity contribution in [3.63, 3.8) is 0 Å². The van der Waals surface area contributed by atoms with Crippen LogP contribution in [0, 0.1) is 6.92 Å². The van der Waals surface area contributed by atoms with E-state index in [-0.39, 0.29) is 23.1 Å². The maximum Gasteiger partial charge on any atom is 0.226 e. The van der Waals surface area contributed by atoms with Crippen LogP contribution in [0.2, 0.25) is 0 Å². The van der Waals surface area contributed by atoms with Gasteiger partial charge in [-0.05, 0) is 24.6 Å². The Balaban J connectivity index is 1.66. The molecule has 30 heavy (non-hydrogen) atoms. The van der Waals surface area contributed by atoms with Crippen molar-refractivity contribution in [3.05, 3.63) is 53.7 Å². The molecule has 0 aliphatic carbocycles. The van der Waals surface area contributed by atoms with Crippen LogP contribution in [0.1, 0.15) is 29.2 Å². The molecule has 2 N–H and O–H groups in total. The molecule has 152 valence electrons. The maximum atomic E-state index is 12.5. The molecule has 4 heterocycles. The number of imidazole rings is 1. The molecule has 0 radical (unpaired) electrons. The Morgan fingerprint density at radius 1 is 1.13 bits per heavy atom. The first kappa shape index (κ1) is 18.4. The number of H-pyrrole nitrogens is 1. The Labute approximate surface area is 171 Å². The highest BCUT2D eigenvalue weighted by molar-refractivity contribution is 7.90. The molecule has 0 spiro atoms. The van der Waals surface area contributed by atoms with Crippen molar-refractivity contribution in [3.8, 4) is 5.82 Å². The Morgan fingerprint density at radius 2 is 1.90 bits per heavy atom. The monoisotopic (exact) mass is 423 g/mol. The van der Waals surface area contributed by atoms with E-state index in [0.717, 1.165) is 16.8 Å². The number of aromatic amines is 1. The van der Waals surface area contributed by atoms with Gasteiger partial charge < -0.3 is 10.3 Å². The number of anilines is 1. The first-order chi connectivity index (χ1) is 14.3. The van der Waals surface area contributed by atoms with Crippen molar-refractivity contribution in [2.45, 2.75) is 24.2 Å². The number of nitrogens with one attached hydrogen (secondary N) is 2. The molecule has 0 fully saturated rings. The van der Waals surface area contributed by atoms with Crippen LogP contribution in [0.4, 0.5) is 5.82 Å². The van der Waals surface area contributed by atoms with Gasteiger partial charge in [0.2, 0.25) is 5.91 Å². The third-order valence-corrected chi connectivity index (χ3v) is 6.35. The van der Waals surface area contributed by atoms with Crippen molar-refractivity contribution < 1.29 is 13.2 Å². The summed E-state index contributed by atoms with van der Waals surface area (Å²) in [6.07, 6.45) is 4.32. The van der Waals surface area contributed by atoms with Gasteiger partial charge in [0, 0.05) is 24.2 Å². The van der Waals surface area contributed by atoms with Gasteiger partial charge in [-0.25, -0.2) is 23.4 Å². The van der Waals surface area contributed by atoms with Gasteiger partial charge in [-0.15, -0.1) is 0 Å². The number of aryl methyl sites for hydroxylation is 1. The fourth-order valence-corrected chi connectivity index (χ4v) is 4.48. The second-order valence-electron chi connectivity index (χ2n) is 7.20. The minimum atomic E-state index is -3.30. The number of fused-ring (bicyclic) bond motifs is 2. The first-order valence-corrected chi connectivity index (χ1v) is 11.1. The smallest absolute Gasteiger partial charge is 0.226 e. The zero-order valence-corrected chi connectivity index (χ0v) is 16.9. The molecule has 1 aromatic carbocycles. The van der Waals surface area contributed by atoms with E-state index in [0.29, 0.717) is 22.8 Å². The number of rotatable bonds is 3. The zero-order valence-electron chi connectivity index (χ0n) is 16.1. The molecular weight excluding hydrogens is 406 g/mol. The van der Waals surface area contributed by atoms with E-state index in [1.165, 1.54) is 18.9 Å². The number of nitrogens with zero attached hydrogens (tertiary/aromatic N) is 5. The van der Waals surface area contributed by atoms with Crippen LogP contribution in [0.15, 0.2) is 41.8 Å². The van der Waals surface area contributed by atoms with Crippen molar-refractivity contribution in [2.75, 3.05) is 11.6 Å². The van der Waals surface area contributed by atoms with Gasteiger partial charge in [0.15, 0.2) is 21.3 Å². The summed E-state index contributed by atoms with van der Waals surface area (Å²) in [4.78, 5) is 28.4. The predicted molar refractivity (Wildman–Crippen MR) is 108 cm³/mol. The lowest BCUT2D eigenvalue weighted by atomic mass is 9.86. The summed E-state index contributed by atoms with van der Waals surface area (Å²) in [6, 6.07) is 6.63. The normalized spacial score (nSPS) is 16.5. The first-order valence-electron chi connectivity index (χ1n) is 9.17. The molecule has 0 bridgehead atoms. The van der Waals surface area contributed by atoms with Crippen molar-refractivity contribution >= 4 is 32.7 Å². The van der Waals surface area contributed by atoms with Gasteiger partial charge in [-0.3, -0.25) is 4.79 Å². The van der Waals surface area contributed by atoms with Gasteiger partial charge in [0.25, 0.3) is 0 Å². The molecule has 5 rings (SSSR count). The summed E-state index contributed by atoms with van der Waals surface area (Å²) in [6.45, 7) is 1.87. The van der Waals surface area contributed by atoms with E-state index >= 15 is 0 Å². The molecule has 4 aromatic rings. The van der Waals surface area contributed by atoms with E-state index in [2.05, 4.69) is 30.4 Å². The Hall–Kier alpha value is -3.60. The van der Waals surface area contributed by atoms with Crippen molar-refractivity contribution in [1.29, 1.82) is 0 Å². The van der Waals surface area contributed by atoms with Crippen LogP contribution < -0.4 is 5.32 Å². The van der Waals surface area contributed by atoms with E-state index in [1.54, 1.807) is 28.9 Å². The summed E-state index contributed by atoms with van der Waals surface area (Å²) < 4.78 is 25.1. The molecule has 11 heteroatoms. The molecular formula is C19H17N7O3S. The Morgan fingerprint density at radius 3 is 2.63 bits per heavy atom. The molecule has 3 aromatic heterocycles. The number of hydrogen-bond donors (Lipinski definition) is 2. The lowest BCUT2D eigenvalue weighted by Gasteiger charge is -2.24. The zero-order chi connectivity index (χ0) is 21.0. The van der Waals surface area contributed by atoms with Crippen LogP contribution in [0.3, 0.4) is 0 Å². The van der Waals surface area contributed by atoms with Crippen LogP contribution in [0.25, 0.3) is 17.0 Å². The minimum absolute atomic E-state index is 0.157. The van der Waals surface area contributed by atoms with E-state index < -0.39 is 9.84 Å². The third kappa shape index (κ3) is 2.86. The van der Waals surface area contributed by atoms with Gasteiger partial charge in [0.05, 0.1) is 16.9 Å². The van der Waals surface area contributed by atoms with Crippen LogP contribution in [-0.2, 0) is 14.6 Å². The average molecular weight is 423 g/mol. The molecule has 10 nitrogen and oxygen atoms in total. The van der Waals surface area contributed by atoms with E-state index in [1.807, 2.05) is 6.92 Å². The van der Waals surface area contributed by atoms with Crippen LogP contribution in [-0.4, -0.2) is 50.3 Å². The summed E-state index contributed by atoms with van der Waals surface area (Å²) >= 11 is 0. The van der Waals surface area contributed by atoms with Gasteiger partial charge in [-0.2, -0.15) is 9.78 Å². The molecule has 0 saturated carbocycles. The molecule has 1 amide bonds. The van der Waals surface area contributed by atoms with E-state index in [4.69, 9.17) is 0 Å². The summed E-state index contributed by atoms with van der Waals surface area (Å²) in [5.74, 6) is 0.608. The minimum Gasteiger partial charge on any atom is -0.340 e. The highest BCUT2D eigenvalue weighted by Gasteiger charge is 2.33. The van der Waals surface area contributed by atoms with Gasteiger partial charge in [-0.1, -0.05) is 12.1 Å². The number of benzene rings is 1. The van der Waals surface area contributed by atoms with Crippen LogP contribution in [0.5, 0.6) is 0 Å². The van der Waals surface area contributed by atoms with Crippen molar-refractivity contribution in [1.82, 2.24) is 29.7 Å². The molecule has 1 aliphatic rings. The second-order valence-corrected chi connectivity index (χ2v) is 9.22. The Kier molecular flexibility index (Phi) is 3.97. The summed E-state index contributed by atoms with van der Waals surface area (Å²) in [7, 11) is -3.30. The highest BCUT2D eigenvalue weighted by atomic mass is 32.2. The number of aromatic nitrogens is 6. The average Bonchev–Trinajstić information content (AvgIpc) is 3.31. The number of carbonyl (C=O) groups excluding carboxylic acids is 1. The topological polar surface area (TPSA) is 136 Å². The standard InChI is InChI=1S/C19H17N7O3S/c1-10-15-13(11-3-5-12(6-4-11)30(2,28)29)7-14(27)24-18(15)26(25-10)19-16-17(21-8-20-16)22-9-23-19/h3-6,8-9,13H,7H2,1-2H3,(H,24,27)(H,20,21,22,23)/t13-/m0/s1. The SMILES string of the molecule is Cc1nn(-c2ncnc3nc[nH]c23)c2c1[C@H](c1ccc(S(C)(=O)=O)cc1)CC(=O)N2. The Bertz CT molecular complexity index is 1400. The number of amides is 1. The molecule has 0 unspecified atom stereocenters. The predicted octanol–water partition coefficient (Wildman–Crippen LogP) is 1.72. The third-order valence-electron chi connectivity index (χ3n) is 5.22. The summed E-state index contributed by atoms with van der Waals surface area (Å²) in [5.41, 5.74) is 3.56. The number of carbonyl (C=O) groups is 1. The lowest BCUT2D eigenvalue weighted by Crippen LogP contribution is -2.25. The molecule has 1 aliphatic heterocycles. The van der Waals surface area contributed by atoms with Crippen LogP contribution >= 0.6 is 0 Å². The van der Waals surface area contributed by atoms with Gasteiger partial charge >= 0.3 is 0 Å². The largest absolute Gasteiger partial charge is 0.340 e. The lowest BCUT2D eigenvalue weighted by molar-refractivity contribution is -0.116. The fraction of sp³-hybridized carbons (Fsp3) is 0.211.